The van der Waals surface area contributed by atoms with Gasteiger partial charge in [0, 0.05) is 17.8 Å². The van der Waals surface area contributed by atoms with E-state index in [1.165, 1.54) is 12.8 Å². The van der Waals surface area contributed by atoms with Crippen LogP contribution in [0.15, 0.2) is 18.2 Å². The van der Waals surface area contributed by atoms with Crippen molar-refractivity contribution in [2.45, 2.75) is 25.9 Å². The summed E-state index contributed by atoms with van der Waals surface area (Å²) in [4.78, 5) is 2.10. The summed E-state index contributed by atoms with van der Waals surface area (Å²) in [6, 6.07) is 7.51. The predicted octanol–water partition coefficient (Wildman–Crippen LogP) is 2.46. The van der Waals surface area contributed by atoms with Crippen molar-refractivity contribution >= 4 is 5.69 Å². The molecule has 0 amide bonds. The highest BCUT2D eigenvalue weighted by Crippen LogP contribution is 2.34. The minimum Gasteiger partial charge on any atom is -0.389 e. The van der Waals surface area contributed by atoms with Gasteiger partial charge in [0.05, 0.1) is 24.3 Å². The van der Waals surface area contributed by atoms with Gasteiger partial charge in [0.1, 0.15) is 0 Å². The first-order chi connectivity index (χ1) is 9.15. The number of nitriles is 1. The molecule has 1 N–H and O–H groups in total. The molecule has 1 fully saturated rings. The molecule has 1 aromatic carbocycles. The van der Waals surface area contributed by atoms with Crippen LogP contribution in [-0.4, -0.2) is 18.2 Å². The van der Waals surface area contributed by atoms with Gasteiger partial charge in [-0.1, -0.05) is 12.0 Å². The minimum atomic E-state index is -0.567. The first-order valence-electron chi connectivity index (χ1n) is 6.56. The Labute approximate surface area is 114 Å². The van der Waals surface area contributed by atoms with Crippen molar-refractivity contribution in [3.63, 3.8) is 0 Å². The molecule has 1 aromatic rings. The number of rotatable bonds is 5. The van der Waals surface area contributed by atoms with E-state index >= 15 is 0 Å². The van der Waals surface area contributed by atoms with Crippen molar-refractivity contribution < 1.29 is 5.11 Å². The fraction of sp³-hybridized carbons (Fsp3) is 0.438. The Morgan fingerprint density at radius 3 is 2.79 bits per heavy atom. The van der Waals surface area contributed by atoms with Gasteiger partial charge in [-0.05, 0) is 37.8 Å². The molecule has 0 aromatic heterocycles. The lowest BCUT2D eigenvalue weighted by atomic mass is 10.0. The molecule has 1 saturated carbocycles. The molecule has 3 heteroatoms. The smallest absolute Gasteiger partial charge is 0.0992 e. The zero-order valence-electron chi connectivity index (χ0n) is 11.1. The molecule has 2 rings (SSSR count). The summed E-state index contributed by atoms with van der Waals surface area (Å²) in [5.41, 5.74) is 2.31. The standard InChI is InChI=1S/C16H18N2O/c1-3-8-18(11-13-4-5-13)16-9-14(10-17)6-7-15(16)12(2)19/h1,6-7,9,12-13,19H,4-5,8,11H2,2H3. The number of benzene rings is 1. The van der Waals surface area contributed by atoms with Crippen LogP contribution in [0.4, 0.5) is 5.69 Å². The second-order valence-electron chi connectivity index (χ2n) is 5.09. The number of aliphatic hydroxyl groups excluding tert-OH is 1. The van der Waals surface area contributed by atoms with Gasteiger partial charge < -0.3 is 10.0 Å². The van der Waals surface area contributed by atoms with E-state index in [0.717, 1.165) is 17.8 Å². The molecular formula is C16H18N2O. The van der Waals surface area contributed by atoms with Crippen LogP contribution < -0.4 is 4.90 Å². The minimum absolute atomic E-state index is 0.505. The Morgan fingerprint density at radius 2 is 2.26 bits per heavy atom. The lowest BCUT2D eigenvalue weighted by Crippen LogP contribution is -2.27. The Kier molecular flexibility index (Phi) is 4.10. The van der Waals surface area contributed by atoms with Crippen LogP contribution in [0.25, 0.3) is 0 Å². The average Bonchev–Trinajstić information content (AvgIpc) is 3.21. The molecular weight excluding hydrogens is 236 g/mol. The Balaban J connectivity index is 2.37. The zero-order chi connectivity index (χ0) is 13.8. The van der Waals surface area contributed by atoms with Crippen LogP contribution in [0, 0.1) is 29.6 Å². The van der Waals surface area contributed by atoms with Gasteiger partial charge in [-0.3, -0.25) is 0 Å². The number of hydrogen-bond acceptors (Lipinski definition) is 3. The highest BCUT2D eigenvalue weighted by Gasteiger charge is 2.25. The van der Waals surface area contributed by atoms with Gasteiger partial charge in [0.15, 0.2) is 0 Å². The van der Waals surface area contributed by atoms with Crippen LogP contribution in [0.5, 0.6) is 0 Å². The summed E-state index contributed by atoms with van der Waals surface area (Å²) in [6.45, 7) is 3.14. The number of aliphatic hydroxyl groups is 1. The highest BCUT2D eigenvalue weighted by molar-refractivity contribution is 5.59. The van der Waals surface area contributed by atoms with Crippen molar-refractivity contribution in [1.82, 2.24) is 0 Å². The summed E-state index contributed by atoms with van der Waals surface area (Å²) in [6.07, 6.45) is 7.35. The van der Waals surface area contributed by atoms with E-state index in [0.29, 0.717) is 18.0 Å². The first kappa shape index (κ1) is 13.5. The van der Waals surface area contributed by atoms with Gasteiger partial charge in [0.2, 0.25) is 0 Å². The highest BCUT2D eigenvalue weighted by atomic mass is 16.3. The van der Waals surface area contributed by atoms with E-state index in [9.17, 15) is 5.11 Å². The molecule has 1 unspecified atom stereocenters. The van der Waals surface area contributed by atoms with Crippen molar-refractivity contribution in [2.75, 3.05) is 18.0 Å². The van der Waals surface area contributed by atoms with E-state index in [-0.39, 0.29) is 0 Å². The van der Waals surface area contributed by atoms with Crippen molar-refractivity contribution in [1.29, 1.82) is 5.26 Å². The van der Waals surface area contributed by atoms with Crippen LogP contribution in [0.2, 0.25) is 0 Å². The van der Waals surface area contributed by atoms with Gasteiger partial charge in [-0.25, -0.2) is 0 Å². The van der Waals surface area contributed by atoms with E-state index in [1.54, 1.807) is 13.0 Å². The predicted molar refractivity (Wildman–Crippen MR) is 75.6 cm³/mol. The quantitative estimate of drug-likeness (QED) is 0.821. The molecule has 0 saturated heterocycles. The van der Waals surface area contributed by atoms with Crippen LogP contribution in [0.3, 0.4) is 0 Å². The second-order valence-corrected chi connectivity index (χ2v) is 5.09. The second kappa shape index (κ2) is 5.78. The molecule has 0 bridgehead atoms. The molecule has 3 nitrogen and oxygen atoms in total. The van der Waals surface area contributed by atoms with Crippen LogP contribution >= 0.6 is 0 Å². The zero-order valence-corrected chi connectivity index (χ0v) is 11.1. The van der Waals surface area contributed by atoms with Crippen molar-refractivity contribution in [3.8, 4) is 18.4 Å². The van der Waals surface area contributed by atoms with Gasteiger partial charge in [-0.2, -0.15) is 5.26 Å². The summed E-state index contributed by atoms with van der Waals surface area (Å²) in [5, 5.41) is 18.9. The Hall–Kier alpha value is -1.97. The molecule has 0 aliphatic heterocycles. The SMILES string of the molecule is C#CCN(CC1CC1)c1cc(C#N)ccc1C(C)O. The molecule has 1 atom stereocenters. The molecule has 98 valence electrons. The first-order valence-corrected chi connectivity index (χ1v) is 6.56. The number of nitrogens with zero attached hydrogens (tertiary/aromatic N) is 2. The molecule has 0 radical (unpaired) electrons. The topological polar surface area (TPSA) is 47.3 Å². The third-order valence-electron chi connectivity index (χ3n) is 3.41. The van der Waals surface area contributed by atoms with E-state index in [4.69, 9.17) is 11.7 Å². The summed E-state index contributed by atoms with van der Waals surface area (Å²) >= 11 is 0. The third kappa shape index (κ3) is 3.28. The third-order valence-corrected chi connectivity index (χ3v) is 3.41. The molecule has 19 heavy (non-hydrogen) atoms. The molecule has 0 spiro atoms. The average molecular weight is 254 g/mol. The summed E-state index contributed by atoms with van der Waals surface area (Å²) in [5.74, 6) is 3.36. The van der Waals surface area contributed by atoms with Gasteiger partial charge in [-0.15, -0.1) is 6.42 Å². The van der Waals surface area contributed by atoms with Gasteiger partial charge in [0.25, 0.3) is 0 Å². The molecule has 0 heterocycles. The van der Waals surface area contributed by atoms with Crippen LogP contribution in [0.1, 0.15) is 37.0 Å². The maximum absolute atomic E-state index is 9.87. The normalized spacial score (nSPS) is 15.4. The van der Waals surface area contributed by atoms with E-state index < -0.39 is 6.10 Å². The molecule has 1 aliphatic carbocycles. The van der Waals surface area contributed by atoms with Crippen molar-refractivity contribution in [3.05, 3.63) is 29.3 Å². The fourth-order valence-electron chi connectivity index (χ4n) is 2.21. The fourth-order valence-corrected chi connectivity index (χ4v) is 2.21. The lowest BCUT2D eigenvalue weighted by Gasteiger charge is -2.26. The molecule has 1 aliphatic rings. The Bertz CT molecular complexity index is 533. The van der Waals surface area contributed by atoms with E-state index in [2.05, 4.69) is 16.9 Å². The maximum Gasteiger partial charge on any atom is 0.0992 e. The lowest BCUT2D eigenvalue weighted by molar-refractivity contribution is 0.199. The number of hydrogen-bond donors (Lipinski definition) is 1. The van der Waals surface area contributed by atoms with Crippen LogP contribution in [-0.2, 0) is 0 Å². The summed E-state index contributed by atoms with van der Waals surface area (Å²) < 4.78 is 0. The number of terminal acetylenes is 1. The van der Waals surface area contributed by atoms with Crippen molar-refractivity contribution in [2.24, 2.45) is 5.92 Å². The largest absolute Gasteiger partial charge is 0.389 e. The summed E-state index contributed by atoms with van der Waals surface area (Å²) in [7, 11) is 0. The van der Waals surface area contributed by atoms with Gasteiger partial charge >= 0.3 is 0 Å². The number of anilines is 1. The van der Waals surface area contributed by atoms with E-state index in [1.807, 2.05) is 12.1 Å². The Morgan fingerprint density at radius 1 is 1.53 bits per heavy atom. The maximum atomic E-state index is 9.87. The monoisotopic (exact) mass is 254 g/mol.